The molecule has 1 aliphatic carbocycles. The fourth-order valence-electron chi connectivity index (χ4n) is 2.25. The Labute approximate surface area is 107 Å². The van der Waals surface area contributed by atoms with Gasteiger partial charge in [0.25, 0.3) is 0 Å². The molecule has 1 aliphatic rings. The van der Waals surface area contributed by atoms with Crippen LogP contribution in [-0.2, 0) is 0 Å². The normalized spacial score (nSPS) is 17.6. The van der Waals surface area contributed by atoms with E-state index in [2.05, 4.69) is 0 Å². The first-order valence-corrected chi connectivity index (χ1v) is 7.20. The van der Waals surface area contributed by atoms with Crippen molar-refractivity contribution in [3.8, 4) is 0 Å². The molecule has 3 heteroatoms. The minimum atomic E-state index is -0.351. The largest absolute Gasteiger partial charge is 0.366 e. The molecule has 2 rings (SSSR count). The fraction of sp³-hybridized carbons (Fsp3) is 0.500. The van der Waals surface area contributed by atoms with Gasteiger partial charge >= 0.3 is 0 Å². The van der Waals surface area contributed by atoms with Crippen molar-refractivity contribution in [1.29, 1.82) is 0 Å². The van der Waals surface area contributed by atoms with E-state index in [-0.39, 0.29) is 5.91 Å². The molecule has 0 heterocycles. The van der Waals surface area contributed by atoms with Crippen LogP contribution >= 0.6 is 11.8 Å². The topological polar surface area (TPSA) is 43.1 Å². The number of hydrogen-bond donors (Lipinski definition) is 1. The minimum Gasteiger partial charge on any atom is -0.366 e. The summed E-state index contributed by atoms with van der Waals surface area (Å²) in [5.41, 5.74) is 5.82. The van der Waals surface area contributed by atoms with E-state index < -0.39 is 0 Å². The van der Waals surface area contributed by atoms with E-state index in [1.165, 1.54) is 43.4 Å². The first-order valence-electron chi connectivity index (χ1n) is 6.32. The summed E-state index contributed by atoms with van der Waals surface area (Å²) < 4.78 is 0. The van der Waals surface area contributed by atoms with Crippen LogP contribution in [0, 0.1) is 0 Å². The number of benzene rings is 1. The maximum atomic E-state index is 11.0. The van der Waals surface area contributed by atoms with Crippen molar-refractivity contribution >= 4 is 17.7 Å². The van der Waals surface area contributed by atoms with Crippen LogP contribution in [0.4, 0.5) is 0 Å². The van der Waals surface area contributed by atoms with Gasteiger partial charge in [0, 0.05) is 15.7 Å². The van der Waals surface area contributed by atoms with E-state index in [4.69, 9.17) is 5.73 Å². The van der Waals surface area contributed by atoms with Crippen molar-refractivity contribution < 1.29 is 4.79 Å². The standard InChI is InChI=1S/C14H19NOS/c15-14(16)11-7-9-13(10-8-11)17-12-5-3-1-2-4-6-12/h7-10,12H,1-6H2,(H2,15,16). The molecule has 0 atom stereocenters. The second-order valence-electron chi connectivity index (χ2n) is 4.62. The third-order valence-corrected chi connectivity index (χ3v) is 4.59. The van der Waals surface area contributed by atoms with Crippen LogP contribution < -0.4 is 5.73 Å². The highest BCUT2D eigenvalue weighted by molar-refractivity contribution is 8.00. The predicted octanol–water partition coefficient (Wildman–Crippen LogP) is 3.60. The Morgan fingerprint density at radius 2 is 1.65 bits per heavy atom. The van der Waals surface area contributed by atoms with Crippen molar-refractivity contribution in [1.82, 2.24) is 0 Å². The van der Waals surface area contributed by atoms with Crippen LogP contribution in [0.25, 0.3) is 0 Å². The second-order valence-corrected chi connectivity index (χ2v) is 5.99. The van der Waals surface area contributed by atoms with Crippen molar-refractivity contribution in [2.24, 2.45) is 5.73 Å². The van der Waals surface area contributed by atoms with Crippen molar-refractivity contribution in [3.63, 3.8) is 0 Å². The molecular formula is C14H19NOS. The molecule has 2 nitrogen and oxygen atoms in total. The van der Waals surface area contributed by atoms with Crippen molar-refractivity contribution in [2.75, 3.05) is 0 Å². The van der Waals surface area contributed by atoms with Gasteiger partial charge in [-0.15, -0.1) is 11.8 Å². The molecule has 0 aromatic heterocycles. The van der Waals surface area contributed by atoms with E-state index >= 15 is 0 Å². The van der Waals surface area contributed by atoms with Gasteiger partial charge in [0.2, 0.25) is 5.91 Å². The lowest BCUT2D eigenvalue weighted by atomic mass is 10.2. The fourth-order valence-corrected chi connectivity index (χ4v) is 3.50. The Morgan fingerprint density at radius 1 is 1.06 bits per heavy atom. The van der Waals surface area contributed by atoms with Gasteiger partial charge in [-0.1, -0.05) is 25.7 Å². The quantitative estimate of drug-likeness (QED) is 0.832. The summed E-state index contributed by atoms with van der Waals surface area (Å²) >= 11 is 1.95. The van der Waals surface area contributed by atoms with Crippen molar-refractivity contribution in [3.05, 3.63) is 29.8 Å². The molecule has 1 amide bonds. The smallest absolute Gasteiger partial charge is 0.248 e. The third kappa shape index (κ3) is 3.77. The van der Waals surface area contributed by atoms with Crippen LogP contribution in [0.15, 0.2) is 29.2 Å². The number of carbonyl (C=O) groups is 1. The summed E-state index contributed by atoms with van der Waals surface area (Å²) in [4.78, 5) is 12.2. The lowest BCUT2D eigenvalue weighted by molar-refractivity contribution is 0.100. The van der Waals surface area contributed by atoms with E-state index in [1.807, 2.05) is 36.0 Å². The van der Waals surface area contributed by atoms with Crippen molar-refractivity contribution in [2.45, 2.75) is 48.7 Å². The summed E-state index contributed by atoms with van der Waals surface area (Å²) in [6.45, 7) is 0. The zero-order chi connectivity index (χ0) is 12.1. The zero-order valence-electron chi connectivity index (χ0n) is 10.0. The van der Waals surface area contributed by atoms with Crippen LogP contribution in [0.2, 0.25) is 0 Å². The lowest BCUT2D eigenvalue weighted by Crippen LogP contribution is -2.10. The number of amides is 1. The van der Waals surface area contributed by atoms with Gasteiger partial charge in [-0.05, 0) is 37.1 Å². The lowest BCUT2D eigenvalue weighted by Gasteiger charge is -2.13. The van der Waals surface area contributed by atoms with Gasteiger partial charge in [0.05, 0.1) is 0 Å². The molecule has 1 aromatic carbocycles. The highest BCUT2D eigenvalue weighted by Crippen LogP contribution is 2.32. The molecular weight excluding hydrogens is 230 g/mol. The van der Waals surface area contributed by atoms with E-state index in [9.17, 15) is 4.79 Å². The Balaban J connectivity index is 1.95. The number of rotatable bonds is 3. The Kier molecular flexibility index (Phi) is 4.49. The average molecular weight is 249 g/mol. The third-order valence-electron chi connectivity index (χ3n) is 3.24. The Bertz CT molecular complexity index is 366. The average Bonchev–Trinajstić information content (AvgIpc) is 2.58. The van der Waals surface area contributed by atoms with Gasteiger partial charge in [0.15, 0.2) is 0 Å². The molecule has 1 fully saturated rings. The summed E-state index contributed by atoms with van der Waals surface area (Å²) in [5.74, 6) is -0.351. The van der Waals surface area contributed by atoms with Crippen LogP contribution in [0.1, 0.15) is 48.9 Å². The second kappa shape index (κ2) is 6.10. The summed E-state index contributed by atoms with van der Waals surface area (Å²) in [5, 5.41) is 0.747. The molecule has 0 bridgehead atoms. The Morgan fingerprint density at radius 3 is 2.18 bits per heavy atom. The molecule has 1 aromatic rings. The number of primary amides is 1. The molecule has 1 saturated carbocycles. The van der Waals surface area contributed by atoms with E-state index in [0.29, 0.717) is 5.56 Å². The van der Waals surface area contributed by atoms with Crippen LogP contribution in [0.5, 0.6) is 0 Å². The number of thioether (sulfide) groups is 1. The molecule has 0 radical (unpaired) electrons. The summed E-state index contributed by atoms with van der Waals surface area (Å²) in [6, 6.07) is 7.66. The predicted molar refractivity (Wildman–Crippen MR) is 72.3 cm³/mol. The molecule has 0 unspecified atom stereocenters. The number of nitrogens with two attached hydrogens (primary N) is 1. The van der Waals surface area contributed by atoms with Crippen LogP contribution in [-0.4, -0.2) is 11.2 Å². The van der Waals surface area contributed by atoms with Gasteiger partial charge in [-0.25, -0.2) is 0 Å². The first-order chi connectivity index (χ1) is 8.25. The molecule has 0 saturated heterocycles. The number of carbonyl (C=O) groups excluding carboxylic acids is 1. The molecule has 0 spiro atoms. The summed E-state index contributed by atoms with van der Waals surface area (Å²) in [6.07, 6.45) is 8.13. The highest BCUT2D eigenvalue weighted by atomic mass is 32.2. The minimum absolute atomic E-state index is 0.351. The maximum absolute atomic E-state index is 11.0. The molecule has 0 aliphatic heterocycles. The monoisotopic (exact) mass is 249 g/mol. The highest BCUT2D eigenvalue weighted by Gasteiger charge is 2.13. The molecule has 92 valence electrons. The number of hydrogen-bond acceptors (Lipinski definition) is 2. The van der Waals surface area contributed by atoms with Gasteiger partial charge in [-0.2, -0.15) is 0 Å². The molecule has 2 N–H and O–H groups in total. The van der Waals surface area contributed by atoms with E-state index in [0.717, 1.165) is 5.25 Å². The summed E-state index contributed by atoms with van der Waals surface area (Å²) in [7, 11) is 0. The SMILES string of the molecule is NC(=O)c1ccc(SC2CCCCCC2)cc1. The van der Waals surface area contributed by atoms with Gasteiger partial charge in [0.1, 0.15) is 0 Å². The van der Waals surface area contributed by atoms with Gasteiger partial charge < -0.3 is 5.73 Å². The maximum Gasteiger partial charge on any atom is 0.248 e. The van der Waals surface area contributed by atoms with Gasteiger partial charge in [-0.3, -0.25) is 4.79 Å². The van der Waals surface area contributed by atoms with Crippen LogP contribution in [0.3, 0.4) is 0 Å². The molecule has 17 heavy (non-hydrogen) atoms. The zero-order valence-corrected chi connectivity index (χ0v) is 10.8. The van der Waals surface area contributed by atoms with E-state index in [1.54, 1.807) is 0 Å². The Hall–Kier alpha value is -0.960. The first kappa shape index (κ1) is 12.5.